The number of carbonyl (C=O) groups is 1. The second-order valence-corrected chi connectivity index (χ2v) is 5.50. The molecule has 1 saturated carbocycles. The summed E-state index contributed by atoms with van der Waals surface area (Å²) >= 11 is 1.04. The number of carboxylic acid groups (broad SMARTS) is 1. The number of thioether (sulfide) groups is 1. The molecule has 1 aromatic rings. The lowest BCUT2D eigenvalue weighted by molar-refractivity contribution is -0.147. The second-order valence-electron chi connectivity index (χ2n) is 4.44. The van der Waals surface area contributed by atoms with Crippen LogP contribution in [0.2, 0.25) is 0 Å². The van der Waals surface area contributed by atoms with E-state index in [0.717, 1.165) is 18.2 Å². The standard InChI is InChI=1S/C13H14F2O2S/c14-11(15)8-18-10-5-2-1-4-9(10)13(12(16)17)6-3-7-13/h1-2,4-5,11H,3,6-8H2,(H,16,17). The van der Waals surface area contributed by atoms with Crippen molar-refractivity contribution in [2.24, 2.45) is 0 Å². The summed E-state index contributed by atoms with van der Waals surface area (Å²) < 4.78 is 24.5. The minimum absolute atomic E-state index is 0.299. The first-order valence-electron chi connectivity index (χ1n) is 5.80. The predicted molar refractivity (Wildman–Crippen MR) is 66.3 cm³/mol. The zero-order chi connectivity index (χ0) is 13.2. The van der Waals surface area contributed by atoms with Crippen LogP contribution in [0.3, 0.4) is 0 Å². The van der Waals surface area contributed by atoms with Gasteiger partial charge in [0.25, 0.3) is 0 Å². The Labute approximate surface area is 108 Å². The number of carboxylic acids is 1. The van der Waals surface area contributed by atoms with Crippen LogP contribution in [0.5, 0.6) is 0 Å². The number of hydrogen-bond donors (Lipinski definition) is 1. The van der Waals surface area contributed by atoms with Gasteiger partial charge >= 0.3 is 5.97 Å². The van der Waals surface area contributed by atoms with Gasteiger partial charge in [-0.25, -0.2) is 8.78 Å². The van der Waals surface area contributed by atoms with Gasteiger partial charge in [0.1, 0.15) is 0 Å². The maximum Gasteiger partial charge on any atom is 0.314 e. The van der Waals surface area contributed by atoms with E-state index in [2.05, 4.69) is 0 Å². The molecule has 18 heavy (non-hydrogen) atoms. The van der Waals surface area contributed by atoms with Crippen molar-refractivity contribution in [1.29, 1.82) is 0 Å². The first kappa shape index (κ1) is 13.3. The third-order valence-electron chi connectivity index (χ3n) is 3.38. The predicted octanol–water partition coefficient (Wildman–Crippen LogP) is 3.55. The van der Waals surface area contributed by atoms with E-state index in [-0.39, 0.29) is 5.75 Å². The van der Waals surface area contributed by atoms with Crippen molar-refractivity contribution < 1.29 is 18.7 Å². The number of benzene rings is 1. The van der Waals surface area contributed by atoms with Crippen LogP contribution in [0.15, 0.2) is 29.2 Å². The molecule has 1 N–H and O–H groups in total. The highest BCUT2D eigenvalue weighted by Crippen LogP contribution is 2.47. The largest absolute Gasteiger partial charge is 0.481 e. The molecule has 0 radical (unpaired) electrons. The molecule has 2 nitrogen and oxygen atoms in total. The number of rotatable bonds is 5. The Balaban J connectivity index is 2.29. The molecule has 0 heterocycles. The fourth-order valence-electron chi connectivity index (χ4n) is 2.27. The SMILES string of the molecule is O=C(O)C1(c2ccccc2SCC(F)F)CCC1. The minimum atomic E-state index is -2.38. The molecule has 0 bridgehead atoms. The molecule has 0 aromatic heterocycles. The fourth-order valence-corrected chi connectivity index (χ4v) is 3.17. The highest BCUT2D eigenvalue weighted by atomic mass is 32.2. The number of alkyl halides is 2. The van der Waals surface area contributed by atoms with Crippen molar-refractivity contribution in [1.82, 2.24) is 0 Å². The summed E-state index contributed by atoms with van der Waals surface area (Å²) in [5.74, 6) is -1.15. The van der Waals surface area contributed by atoms with Crippen LogP contribution in [0.25, 0.3) is 0 Å². The van der Waals surface area contributed by atoms with Crippen LogP contribution in [0.4, 0.5) is 8.78 Å². The van der Waals surface area contributed by atoms with Crippen molar-refractivity contribution in [3.05, 3.63) is 29.8 Å². The van der Waals surface area contributed by atoms with Crippen molar-refractivity contribution in [3.63, 3.8) is 0 Å². The summed E-state index contributed by atoms with van der Waals surface area (Å²) in [6.07, 6.45) is -0.325. The van der Waals surface area contributed by atoms with Crippen molar-refractivity contribution in [2.45, 2.75) is 36.0 Å². The van der Waals surface area contributed by atoms with Gasteiger partial charge in [0.2, 0.25) is 6.43 Å². The van der Waals surface area contributed by atoms with E-state index in [0.29, 0.717) is 23.3 Å². The second kappa shape index (κ2) is 5.26. The van der Waals surface area contributed by atoms with E-state index in [9.17, 15) is 18.7 Å². The van der Waals surface area contributed by atoms with Gasteiger partial charge < -0.3 is 5.11 Å². The monoisotopic (exact) mass is 272 g/mol. The smallest absolute Gasteiger partial charge is 0.314 e. The molecule has 1 aliphatic carbocycles. The maximum atomic E-state index is 12.3. The summed E-state index contributed by atoms with van der Waals surface area (Å²) in [6.45, 7) is 0. The Morgan fingerprint density at radius 1 is 1.39 bits per heavy atom. The minimum Gasteiger partial charge on any atom is -0.481 e. The molecule has 0 aliphatic heterocycles. The van der Waals surface area contributed by atoms with E-state index < -0.39 is 17.8 Å². The molecule has 0 atom stereocenters. The molecule has 0 unspecified atom stereocenters. The molecule has 1 aliphatic rings. The third-order valence-corrected chi connectivity index (χ3v) is 4.47. The van der Waals surface area contributed by atoms with E-state index in [4.69, 9.17) is 0 Å². The molecule has 2 rings (SSSR count). The van der Waals surface area contributed by atoms with Gasteiger partial charge in [-0.3, -0.25) is 4.79 Å². The molecule has 1 aromatic carbocycles. The summed E-state index contributed by atoms with van der Waals surface area (Å²) in [5, 5.41) is 9.38. The first-order valence-corrected chi connectivity index (χ1v) is 6.79. The summed E-state index contributed by atoms with van der Waals surface area (Å²) in [5.41, 5.74) is -0.166. The zero-order valence-corrected chi connectivity index (χ0v) is 10.6. The number of halogens is 2. The maximum absolute atomic E-state index is 12.3. The molecule has 1 fully saturated rings. The van der Waals surface area contributed by atoms with Gasteiger partial charge in [-0.1, -0.05) is 24.6 Å². The van der Waals surface area contributed by atoms with Gasteiger partial charge in [0, 0.05) is 4.90 Å². The molecule has 0 amide bonds. The first-order chi connectivity index (χ1) is 8.56. The Hall–Kier alpha value is -1.10. The Morgan fingerprint density at radius 2 is 2.06 bits per heavy atom. The quantitative estimate of drug-likeness (QED) is 0.833. The highest BCUT2D eigenvalue weighted by Gasteiger charge is 2.47. The Bertz CT molecular complexity index is 444. The van der Waals surface area contributed by atoms with Crippen LogP contribution >= 0.6 is 11.8 Å². The van der Waals surface area contributed by atoms with Gasteiger partial charge in [-0.15, -0.1) is 11.8 Å². The lowest BCUT2D eigenvalue weighted by Crippen LogP contribution is -2.42. The topological polar surface area (TPSA) is 37.3 Å². The van der Waals surface area contributed by atoms with Gasteiger partial charge in [0.15, 0.2) is 0 Å². The fraction of sp³-hybridized carbons (Fsp3) is 0.462. The zero-order valence-electron chi connectivity index (χ0n) is 9.73. The van der Waals surface area contributed by atoms with E-state index >= 15 is 0 Å². The van der Waals surface area contributed by atoms with Gasteiger partial charge in [0.05, 0.1) is 11.2 Å². The van der Waals surface area contributed by atoms with E-state index in [1.54, 1.807) is 24.3 Å². The molecular formula is C13H14F2O2S. The normalized spacial score (nSPS) is 17.5. The number of hydrogen-bond acceptors (Lipinski definition) is 2. The lowest BCUT2D eigenvalue weighted by Gasteiger charge is -2.39. The van der Waals surface area contributed by atoms with E-state index in [1.165, 1.54) is 0 Å². The molecular weight excluding hydrogens is 258 g/mol. The van der Waals surface area contributed by atoms with Crippen LogP contribution in [0, 0.1) is 0 Å². The summed E-state index contributed by atoms with van der Waals surface area (Å²) in [4.78, 5) is 12.1. The van der Waals surface area contributed by atoms with Gasteiger partial charge in [-0.05, 0) is 24.5 Å². The number of aliphatic carboxylic acids is 1. The van der Waals surface area contributed by atoms with Crippen LogP contribution in [-0.2, 0) is 10.2 Å². The third kappa shape index (κ3) is 2.36. The Kier molecular flexibility index (Phi) is 3.90. The van der Waals surface area contributed by atoms with Crippen molar-refractivity contribution >= 4 is 17.7 Å². The molecule has 0 saturated heterocycles. The van der Waals surface area contributed by atoms with Gasteiger partial charge in [-0.2, -0.15) is 0 Å². The van der Waals surface area contributed by atoms with Crippen LogP contribution < -0.4 is 0 Å². The lowest BCUT2D eigenvalue weighted by atomic mass is 9.64. The Morgan fingerprint density at radius 3 is 2.56 bits per heavy atom. The average Bonchev–Trinajstić information content (AvgIpc) is 2.25. The molecule has 0 spiro atoms. The van der Waals surface area contributed by atoms with Crippen molar-refractivity contribution in [3.8, 4) is 0 Å². The van der Waals surface area contributed by atoms with Crippen LogP contribution in [0.1, 0.15) is 24.8 Å². The molecule has 98 valence electrons. The summed E-state index contributed by atoms with van der Waals surface area (Å²) in [7, 11) is 0. The van der Waals surface area contributed by atoms with Crippen LogP contribution in [-0.4, -0.2) is 23.3 Å². The average molecular weight is 272 g/mol. The molecule has 5 heteroatoms. The van der Waals surface area contributed by atoms with Crippen molar-refractivity contribution in [2.75, 3.05) is 5.75 Å². The van der Waals surface area contributed by atoms with E-state index in [1.807, 2.05) is 0 Å². The highest BCUT2D eigenvalue weighted by molar-refractivity contribution is 7.99. The summed E-state index contributed by atoms with van der Waals surface area (Å²) in [6, 6.07) is 7.00.